The molecule has 0 saturated carbocycles. The molecule has 2 heterocycles. The largest absolute Gasteiger partial charge is 0.490 e. The molecule has 0 bridgehead atoms. The second-order valence-electron chi connectivity index (χ2n) is 6.28. The standard InChI is InChI=1S/C19H18FN3O5S/c1-3-23(2)19(27)12(24)5-4-9-6-10-14(7-11(9)20)28-8-13(25)16-15(10)22-18(29-16)17(21)26/h6-7,12-13,24-25H,3,8H2,1-2H3,(H2,21,26). The van der Waals surface area contributed by atoms with Gasteiger partial charge in [-0.2, -0.15) is 0 Å². The van der Waals surface area contributed by atoms with Gasteiger partial charge < -0.3 is 25.6 Å². The van der Waals surface area contributed by atoms with Crippen LogP contribution in [0.3, 0.4) is 0 Å². The van der Waals surface area contributed by atoms with Gasteiger partial charge in [-0.1, -0.05) is 11.8 Å². The van der Waals surface area contributed by atoms with Crippen LogP contribution in [0.15, 0.2) is 12.1 Å². The number of benzene rings is 1. The Morgan fingerprint density at radius 3 is 2.90 bits per heavy atom. The Hall–Kier alpha value is -3.00. The summed E-state index contributed by atoms with van der Waals surface area (Å²) in [6.07, 6.45) is -2.67. The van der Waals surface area contributed by atoms with Crippen molar-refractivity contribution < 1.29 is 28.9 Å². The van der Waals surface area contributed by atoms with E-state index in [0.29, 0.717) is 17.0 Å². The first-order chi connectivity index (χ1) is 13.7. The molecule has 2 amide bonds. The molecule has 4 N–H and O–H groups in total. The Morgan fingerprint density at radius 2 is 2.24 bits per heavy atom. The van der Waals surface area contributed by atoms with Crippen molar-refractivity contribution in [2.24, 2.45) is 5.73 Å². The van der Waals surface area contributed by atoms with Gasteiger partial charge in [0, 0.05) is 25.2 Å². The zero-order valence-electron chi connectivity index (χ0n) is 15.6. The number of fused-ring (bicyclic) bond motifs is 3. The van der Waals surface area contributed by atoms with Crippen LogP contribution in [0.5, 0.6) is 5.75 Å². The number of aromatic nitrogens is 1. The molecule has 2 unspecified atom stereocenters. The Labute approximate surface area is 169 Å². The van der Waals surface area contributed by atoms with E-state index >= 15 is 0 Å². The number of nitrogens with zero attached hydrogens (tertiary/aromatic N) is 2. The predicted octanol–water partition coefficient (Wildman–Crippen LogP) is 0.665. The van der Waals surface area contributed by atoms with Crippen LogP contribution in [0.2, 0.25) is 0 Å². The SMILES string of the molecule is CCN(C)C(=O)C(O)C#Cc1cc2c(cc1F)OCC(O)c1sc(C(N)=O)nc1-2. The van der Waals surface area contributed by atoms with Crippen LogP contribution in [0.25, 0.3) is 11.3 Å². The molecule has 0 radical (unpaired) electrons. The monoisotopic (exact) mass is 419 g/mol. The first kappa shape index (κ1) is 20.7. The number of carbonyl (C=O) groups is 2. The normalized spacial score (nSPS) is 15.7. The first-order valence-corrected chi connectivity index (χ1v) is 9.44. The van der Waals surface area contributed by atoms with Crippen molar-refractivity contribution in [3.05, 3.63) is 33.4 Å². The lowest BCUT2D eigenvalue weighted by Gasteiger charge is -2.15. The van der Waals surface area contributed by atoms with Gasteiger partial charge in [-0.15, -0.1) is 11.3 Å². The summed E-state index contributed by atoms with van der Waals surface area (Å²) in [6, 6.07) is 2.41. The van der Waals surface area contributed by atoms with Crippen LogP contribution in [-0.4, -0.2) is 58.2 Å². The summed E-state index contributed by atoms with van der Waals surface area (Å²) in [6.45, 7) is 1.98. The number of halogens is 1. The van der Waals surface area contributed by atoms with Gasteiger partial charge in [0.1, 0.15) is 24.3 Å². The average Bonchev–Trinajstić information content (AvgIpc) is 3.10. The van der Waals surface area contributed by atoms with Crippen LogP contribution in [0.1, 0.15) is 33.3 Å². The van der Waals surface area contributed by atoms with E-state index in [1.54, 1.807) is 6.92 Å². The minimum atomic E-state index is -1.60. The molecule has 0 saturated heterocycles. The molecule has 10 heteroatoms. The van der Waals surface area contributed by atoms with Crippen molar-refractivity contribution >= 4 is 23.2 Å². The zero-order chi connectivity index (χ0) is 21.3. The van der Waals surface area contributed by atoms with Crippen LogP contribution in [-0.2, 0) is 4.79 Å². The lowest BCUT2D eigenvalue weighted by molar-refractivity contribution is -0.135. The number of hydrogen-bond acceptors (Lipinski definition) is 7. The highest BCUT2D eigenvalue weighted by Crippen LogP contribution is 2.41. The van der Waals surface area contributed by atoms with Gasteiger partial charge in [0.2, 0.25) is 0 Å². The van der Waals surface area contributed by atoms with Crippen LogP contribution in [0, 0.1) is 17.7 Å². The van der Waals surface area contributed by atoms with Crippen LogP contribution in [0.4, 0.5) is 4.39 Å². The van der Waals surface area contributed by atoms with Gasteiger partial charge in [-0.05, 0) is 13.0 Å². The lowest BCUT2D eigenvalue weighted by Crippen LogP contribution is -2.35. The second kappa shape index (κ2) is 8.16. The van der Waals surface area contributed by atoms with Crippen molar-refractivity contribution in [2.45, 2.75) is 19.1 Å². The quantitative estimate of drug-likeness (QED) is 0.628. The van der Waals surface area contributed by atoms with Crippen molar-refractivity contribution in [1.82, 2.24) is 9.88 Å². The average molecular weight is 419 g/mol. The minimum absolute atomic E-state index is 0.00230. The summed E-state index contributed by atoms with van der Waals surface area (Å²) in [7, 11) is 1.51. The maximum absolute atomic E-state index is 14.5. The van der Waals surface area contributed by atoms with E-state index < -0.39 is 29.8 Å². The molecule has 1 aliphatic rings. The second-order valence-corrected chi connectivity index (χ2v) is 7.31. The van der Waals surface area contributed by atoms with Crippen LogP contribution >= 0.6 is 11.3 Å². The Kier molecular flexibility index (Phi) is 5.83. The summed E-state index contributed by atoms with van der Waals surface area (Å²) < 4.78 is 19.9. The summed E-state index contributed by atoms with van der Waals surface area (Å²) in [5.41, 5.74) is 5.74. The minimum Gasteiger partial charge on any atom is -0.490 e. The summed E-state index contributed by atoms with van der Waals surface area (Å²) in [5, 5.41) is 20.2. The molecule has 1 aliphatic heterocycles. The molecule has 0 spiro atoms. The maximum atomic E-state index is 14.5. The fourth-order valence-corrected chi connectivity index (χ4v) is 3.53. The van der Waals surface area contributed by atoms with Gasteiger partial charge >= 0.3 is 0 Å². The smallest absolute Gasteiger partial charge is 0.277 e. The highest BCUT2D eigenvalue weighted by atomic mass is 32.1. The number of aliphatic hydroxyl groups is 2. The molecule has 2 aromatic rings. The predicted molar refractivity (Wildman–Crippen MR) is 103 cm³/mol. The Bertz CT molecular complexity index is 1040. The van der Waals surface area contributed by atoms with E-state index in [1.807, 2.05) is 0 Å². The Balaban J connectivity index is 2.05. The van der Waals surface area contributed by atoms with E-state index in [9.17, 15) is 24.2 Å². The van der Waals surface area contributed by atoms with Crippen molar-refractivity contribution in [1.29, 1.82) is 0 Å². The van der Waals surface area contributed by atoms with Crippen LogP contribution < -0.4 is 10.5 Å². The molecule has 0 fully saturated rings. The lowest BCUT2D eigenvalue weighted by atomic mass is 10.0. The van der Waals surface area contributed by atoms with E-state index in [-0.39, 0.29) is 28.6 Å². The number of likely N-dealkylation sites (N-methyl/N-ethyl adjacent to an activating group) is 1. The van der Waals surface area contributed by atoms with Gasteiger partial charge in [0.05, 0.1) is 16.1 Å². The van der Waals surface area contributed by atoms with Crippen molar-refractivity contribution in [3.63, 3.8) is 0 Å². The van der Waals surface area contributed by atoms with Gasteiger partial charge in [0.25, 0.3) is 11.8 Å². The molecule has 0 aliphatic carbocycles. The summed E-state index contributed by atoms with van der Waals surface area (Å²) in [4.78, 5) is 29.2. The van der Waals surface area contributed by atoms with E-state index in [0.717, 1.165) is 17.4 Å². The van der Waals surface area contributed by atoms with Gasteiger partial charge in [-0.25, -0.2) is 9.37 Å². The number of nitrogens with two attached hydrogens (primary N) is 1. The first-order valence-electron chi connectivity index (χ1n) is 8.62. The number of hydrogen-bond donors (Lipinski definition) is 3. The number of rotatable bonds is 3. The number of carbonyl (C=O) groups excluding carboxylic acids is 2. The number of thiazole rings is 1. The third kappa shape index (κ3) is 4.07. The molecule has 2 atom stereocenters. The van der Waals surface area contributed by atoms with Crippen molar-refractivity contribution in [3.8, 4) is 28.8 Å². The fourth-order valence-electron chi connectivity index (χ4n) is 2.63. The number of aliphatic hydroxyl groups excluding tert-OH is 2. The molecule has 1 aromatic heterocycles. The summed E-state index contributed by atoms with van der Waals surface area (Å²) >= 11 is 0.931. The maximum Gasteiger partial charge on any atom is 0.277 e. The van der Waals surface area contributed by atoms with E-state index in [4.69, 9.17) is 10.5 Å². The van der Waals surface area contributed by atoms with Crippen molar-refractivity contribution in [2.75, 3.05) is 20.2 Å². The molecule has 8 nitrogen and oxygen atoms in total. The third-order valence-corrected chi connectivity index (χ3v) is 5.49. The molecule has 152 valence electrons. The molecular weight excluding hydrogens is 401 g/mol. The number of ether oxygens (including phenoxy) is 1. The third-order valence-electron chi connectivity index (χ3n) is 4.32. The molecule has 3 rings (SSSR count). The molecular formula is C19H18FN3O5S. The number of amides is 2. The van der Waals surface area contributed by atoms with Gasteiger partial charge in [-0.3, -0.25) is 9.59 Å². The Morgan fingerprint density at radius 1 is 1.52 bits per heavy atom. The number of primary amides is 1. The van der Waals surface area contributed by atoms with E-state index in [2.05, 4.69) is 16.8 Å². The van der Waals surface area contributed by atoms with E-state index in [1.165, 1.54) is 18.0 Å². The fraction of sp³-hybridized carbons (Fsp3) is 0.316. The van der Waals surface area contributed by atoms with Gasteiger partial charge in [0.15, 0.2) is 11.1 Å². The zero-order valence-corrected chi connectivity index (χ0v) is 16.4. The topological polar surface area (TPSA) is 126 Å². The molecule has 1 aromatic carbocycles. The summed E-state index contributed by atoms with van der Waals surface area (Å²) in [5.74, 6) is 2.82. The molecule has 29 heavy (non-hydrogen) atoms. The highest BCUT2D eigenvalue weighted by molar-refractivity contribution is 7.14. The highest BCUT2D eigenvalue weighted by Gasteiger charge is 2.28.